The Morgan fingerprint density at radius 1 is 0.934 bits per heavy atom. The summed E-state index contributed by atoms with van der Waals surface area (Å²) in [7, 11) is 4.92. The third-order valence-corrected chi connectivity index (χ3v) is 13.5. The Kier molecular flexibility index (Phi) is 15.7. The van der Waals surface area contributed by atoms with Gasteiger partial charge < -0.3 is 39.6 Å². The highest BCUT2D eigenvalue weighted by Gasteiger charge is 2.46. The van der Waals surface area contributed by atoms with Crippen molar-refractivity contribution in [1.29, 1.82) is 0 Å². The molecular formula is C47H67N7O7. The number of fused-ring (bicyclic) bond motifs is 2. The van der Waals surface area contributed by atoms with Crippen molar-refractivity contribution in [2.24, 2.45) is 23.7 Å². The number of carbonyl (C=O) groups is 4. The molecule has 3 fully saturated rings. The summed E-state index contributed by atoms with van der Waals surface area (Å²) in [5.74, 6) is -0.580. The van der Waals surface area contributed by atoms with Crippen LogP contribution in [0.1, 0.15) is 97.1 Å². The lowest BCUT2D eigenvalue weighted by Gasteiger charge is -2.41. The molecule has 3 aromatic rings. The Balaban J connectivity index is 1.14. The maximum atomic E-state index is 14.4. The minimum atomic E-state index is -0.728. The van der Waals surface area contributed by atoms with Crippen LogP contribution in [0.25, 0.3) is 11.5 Å². The highest BCUT2D eigenvalue weighted by atomic mass is 16.5. The van der Waals surface area contributed by atoms with Gasteiger partial charge in [0.1, 0.15) is 12.1 Å². The Labute approximate surface area is 361 Å². The summed E-state index contributed by atoms with van der Waals surface area (Å²) >= 11 is 0. The first-order chi connectivity index (χ1) is 29.3. The van der Waals surface area contributed by atoms with E-state index in [1.165, 1.54) is 0 Å². The largest absolute Gasteiger partial charge is 0.418 e. The number of methoxy groups -OCH3 is 2. The Hall–Kier alpha value is -4.66. The van der Waals surface area contributed by atoms with E-state index in [0.717, 1.165) is 43.2 Å². The van der Waals surface area contributed by atoms with Crippen LogP contribution >= 0.6 is 0 Å². The zero-order valence-electron chi connectivity index (χ0n) is 37.2. The molecule has 2 bridgehead atoms. The van der Waals surface area contributed by atoms with Crippen LogP contribution in [0.4, 0.5) is 0 Å². The molecule has 1 saturated carbocycles. The standard InChI is InChI=1S/C47H67N7O7/c1-9-29(4)41(53(6)47(58)39(28(2)3)50-44(57)40-33-22-23-34(26-33)48-40)37(59-7)27-38(55)54-24-16-21-36(54)42(60-8)30(5)43(56)49-35(25-31-17-12-10-13-18-31)46-52-51-45(61-46)32-19-14-11-15-20-32/h10-15,17-20,28-30,33-37,39-42,48H,9,16,21-27H2,1-8H3,(H,49,56)(H,50,57)/t29-,30+,33-,34+,35-,36-,37+,39-,40-,41-,42+/m0/s1. The van der Waals surface area contributed by atoms with Crippen molar-refractivity contribution in [3.63, 3.8) is 0 Å². The third-order valence-electron chi connectivity index (χ3n) is 13.5. The summed E-state index contributed by atoms with van der Waals surface area (Å²) in [5.41, 5.74) is 1.77. The van der Waals surface area contributed by atoms with Gasteiger partial charge in [0.25, 0.3) is 0 Å². The number of hydrogen-bond donors (Lipinski definition) is 3. The van der Waals surface area contributed by atoms with Crippen molar-refractivity contribution >= 4 is 23.6 Å². The average Bonchev–Trinajstić information content (AvgIpc) is 4.12. The molecule has 2 aliphatic heterocycles. The molecule has 0 radical (unpaired) electrons. The van der Waals surface area contributed by atoms with Crippen molar-refractivity contribution in [3.05, 3.63) is 72.1 Å². The number of amides is 4. The predicted molar refractivity (Wildman–Crippen MR) is 232 cm³/mol. The number of likely N-dealkylation sites (tertiary alicyclic amines) is 1. The minimum Gasteiger partial charge on any atom is -0.418 e. The fourth-order valence-electron chi connectivity index (χ4n) is 9.86. The molecule has 1 aliphatic carbocycles. The predicted octanol–water partition coefficient (Wildman–Crippen LogP) is 5.34. The van der Waals surface area contributed by atoms with Gasteiger partial charge in [-0.3, -0.25) is 19.2 Å². The maximum Gasteiger partial charge on any atom is 0.247 e. The van der Waals surface area contributed by atoms with Crippen LogP contribution in [0, 0.1) is 23.7 Å². The fraction of sp³-hybridized carbons (Fsp3) is 0.617. The third kappa shape index (κ3) is 10.7. The quantitative estimate of drug-likeness (QED) is 0.135. The molecule has 14 heteroatoms. The first-order valence-corrected chi connectivity index (χ1v) is 22.3. The lowest BCUT2D eigenvalue weighted by atomic mass is 9.89. The van der Waals surface area contributed by atoms with Gasteiger partial charge in [0.05, 0.1) is 42.7 Å². The number of carbonyl (C=O) groups excluding carboxylic acids is 4. The first-order valence-electron chi connectivity index (χ1n) is 22.3. The molecule has 1 aromatic heterocycles. The van der Waals surface area contributed by atoms with Gasteiger partial charge in [0.15, 0.2) is 0 Å². The number of benzene rings is 2. The van der Waals surface area contributed by atoms with E-state index >= 15 is 0 Å². The van der Waals surface area contributed by atoms with Gasteiger partial charge >= 0.3 is 0 Å². The molecule has 2 saturated heterocycles. The molecule has 0 spiro atoms. The van der Waals surface area contributed by atoms with E-state index < -0.39 is 36.3 Å². The van der Waals surface area contributed by atoms with E-state index in [4.69, 9.17) is 13.9 Å². The Bertz CT molecular complexity index is 1910. The van der Waals surface area contributed by atoms with Gasteiger partial charge in [-0.2, -0.15) is 0 Å². The van der Waals surface area contributed by atoms with Crippen LogP contribution in [0.2, 0.25) is 0 Å². The number of hydrogen-bond acceptors (Lipinski definition) is 10. The highest BCUT2D eigenvalue weighted by molar-refractivity contribution is 5.90. The van der Waals surface area contributed by atoms with Gasteiger partial charge in [-0.05, 0) is 67.6 Å². The molecule has 6 rings (SSSR count). The lowest BCUT2D eigenvalue weighted by Crippen LogP contribution is -2.59. The molecule has 2 aromatic carbocycles. The van der Waals surface area contributed by atoms with Crippen molar-refractivity contribution in [2.45, 2.75) is 134 Å². The molecule has 3 heterocycles. The maximum absolute atomic E-state index is 14.4. The normalized spacial score (nSPS) is 23.2. The second kappa shape index (κ2) is 20.9. The highest BCUT2D eigenvalue weighted by Crippen LogP contribution is 2.36. The van der Waals surface area contributed by atoms with E-state index in [9.17, 15) is 19.2 Å². The monoisotopic (exact) mass is 842 g/mol. The van der Waals surface area contributed by atoms with E-state index in [1.807, 2.05) is 86.3 Å². The van der Waals surface area contributed by atoms with E-state index in [2.05, 4.69) is 40.0 Å². The Morgan fingerprint density at radius 3 is 2.25 bits per heavy atom. The van der Waals surface area contributed by atoms with Crippen LogP contribution in [0.3, 0.4) is 0 Å². The zero-order chi connectivity index (χ0) is 43.8. The van der Waals surface area contributed by atoms with E-state index in [-0.39, 0.29) is 54.0 Å². The fourth-order valence-corrected chi connectivity index (χ4v) is 9.86. The topological polar surface area (TPSA) is 168 Å². The van der Waals surface area contributed by atoms with Crippen molar-refractivity contribution in [3.8, 4) is 11.5 Å². The number of nitrogens with one attached hydrogen (secondary N) is 3. The van der Waals surface area contributed by atoms with Crippen molar-refractivity contribution < 1.29 is 33.1 Å². The molecule has 61 heavy (non-hydrogen) atoms. The van der Waals surface area contributed by atoms with Crippen LogP contribution in [0.5, 0.6) is 0 Å². The second-order valence-electron chi connectivity index (χ2n) is 17.8. The van der Waals surface area contributed by atoms with Crippen LogP contribution in [-0.4, -0.2) is 114 Å². The number of piperidine rings is 1. The molecule has 4 amide bonds. The summed E-state index contributed by atoms with van der Waals surface area (Å²) in [6, 6.07) is 17.2. The second-order valence-corrected chi connectivity index (χ2v) is 17.8. The first kappa shape index (κ1) is 45.9. The lowest BCUT2D eigenvalue weighted by molar-refractivity contribution is -0.147. The summed E-state index contributed by atoms with van der Waals surface area (Å²) in [6.45, 7) is 10.3. The molecule has 14 nitrogen and oxygen atoms in total. The van der Waals surface area contributed by atoms with Gasteiger partial charge in [-0.1, -0.05) is 89.6 Å². The Morgan fingerprint density at radius 2 is 1.64 bits per heavy atom. The van der Waals surface area contributed by atoms with Gasteiger partial charge in [0, 0.05) is 45.8 Å². The molecule has 0 unspecified atom stereocenters. The van der Waals surface area contributed by atoms with E-state index in [1.54, 1.807) is 26.2 Å². The number of likely N-dealkylation sites (N-methyl/N-ethyl adjacent to an activating group) is 1. The van der Waals surface area contributed by atoms with Gasteiger partial charge in [-0.25, -0.2) is 0 Å². The summed E-state index contributed by atoms with van der Waals surface area (Å²) in [4.78, 5) is 60.0. The van der Waals surface area contributed by atoms with Crippen LogP contribution in [0.15, 0.2) is 65.1 Å². The SMILES string of the molecule is CC[C@H](C)[C@@H]([C@@H](CC(=O)N1CCC[C@H]1[C@H](OC)[C@@H](C)C(=O)N[C@@H](Cc1ccccc1)c1nnc(-c2ccccc2)o1)OC)N(C)C(=O)[C@@H](NC(=O)[C@H]1N[C@@H]2CC[C@H]1C2)C(C)C. The van der Waals surface area contributed by atoms with Gasteiger partial charge in [0.2, 0.25) is 35.4 Å². The van der Waals surface area contributed by atoms with E-state index in [0.29, 0.717) is 43.1 Å². The molecule has 11 atom stereocenters. The number of aromatic nitrogens is 2. The zero-order valence-corrected chi connectivity index (χ0v) is 37.2. The molecular weight excluding hydrogens is 775 g/mol. The number of ether oxygens (including phenoxy) is 2. The molecule has 3 N–H and O–H groups in total. The molecule has 3 aliphatic rings. The van der Waals surface area contributed by atoms with Crippen molar-refractivity contribution in [2.75, 3.05) is 27.8 Å². The van der Waals surface area contributed by atoms with Gasteiger partial charge in [-0.15, -0.1) is 10.2 Å². The summed E-state index contributed by atoms with van der Waals surface area (Å²) in [6.07, 6.45) is 4.51. The number of rotatable bonds is 20. The minimum absolute atomic E-state index is 0.0151. The van der Waals surface area contributed by atoms with Crippen LogP contribution in [-0.2, 0) is 35.1 Å². The summed E-state index contributed by atoms with van der Waals surface area (Å²) < 4.78 is 18.3. The summed E-state index contributed by atoms with van der Waals surface area (Å²) in [5, 5.41) is 18.4. The smallest absolute Gasteiger partial charge is 0.247 e. The molecule has 332 valence electrons. The van der Waals surface area contributed by atoms with Crippen LogP contribution < -0.4 is 16.0 Å². The average molecular weight is 842 g/mol. The van der Waals surface area contributed by atoms with Crippen molar-refractivity contribution in [1.82, 2.24) is 35.9 Å². The number of nitrogens with zero attached hydrogens (tertiary/aromatic N) is 4.